The predicted octanol–water partition coefficient (Wildman–Crippen LogP) is 5.57. The van der Waals surface area contributed by atoms with E-state index in [1.165, 1.54) is 9.18 Å². The summed E-state index contributed by atoms with van der Waals surface area (Å²) in [6.45, 7) is 4.70. The summed E-state index contributed by atoms with van der Waals surface area (Å²) in [5, 5.41) is 2.83. The first-order valence-corrected chi connectivity index (χ1v) is 15.0. The second-order valence-electron chi connectivity index (χ2n) is 9.47. The molecule has 8 heteroatoms. The second kappa shape index (κ2) is 10.7. The zero-order chi connectivity index (χ0) is 26.0. The lowest BCUT2D eigenvalue weighted by Crippen LogP contribution is -2.47. The van der Waals surface area contributed by atoms with Crippen LogP contribution in [0.25, 0.3) is 10.9 Å². The number of carbonyl (C=O) groups excluding carboxylic acids is 1. The summed E-state index contributed by atoms with van der Waals surface area (Å²) in [7, 11) is -3.95. The SMILES string of the molecule is CCCCN(CC(=O)N1CCc2sccc2C1c1ccc(C)cc1)S(=O)(=O)c1cccc2cccnc12. The van der Waals surface area contributed by atoms with Crippen LogP contribution in [-0.4, -0.2) is 48.1 Å². The number of benzene rings is 2. The summed E-state index contributed by atoms with van der Waals surface area (Å²) < 4.78 is 29.2. The van der Waals surface area contributed by atoms with Gasteiger partial charge in [-0.15, -0.1) is 11.3 Å². The lowest BCUT2D eigenvalue weighted by Gasteiger charge is -2.37. The standard InChI is InChI=1S/C29H31N3O3S2/c1-3-4-17-31(37(34,35)26-9-5-7-22-8-6-16-30-28(22)26)20-27(33)32-18-14-25-24(15-19-36-25)29(32)23-12-10-21(2)11-13-23/h5-13,15-16,19,29H,3-4,14,17-18,20H2,1-2H3. The van der Waals surface area contributed by atoms with E-state index in [9.17, 15) is 13.2 Å². The Kier molecular flexibility index (Phi) is 7.42. The number of hydrogen-bond acceptors (Lipinski definition) is 5. The van der Waals surface area contributed by atoms with E-state index in [1.54, 1.807) is 35.7 Å². The smallest absolute Gasteiger partial charge is 0.245 e. The molecule has 1 aliphatic heterocycles. The molecule has 1 amide bonds. The van der Waals surface area contributed by atoms with Crippen LogP contribution in [0.2, 0.25) is 0 Å². The van der Waals surface area contributed by atoms with Crippen LogP contribution in [0.15, 0.2) is 77.1 Å². The molecule has 0 saturated heterocycles. The molecule has 0 saturated carbocycles. The first kappa shape index (κ1) is 25.6. The van der Waals surface area contributed by atoms with E-state index < -0.39 is 10.0 Å². The third-order valence-corrected chi connectivity index (χ3v) is 9.84. The second-order valence-corrected chi connectivity index (χ2v) is 12.4. The molecule has 1 unspecified atom stereocenters. The van der Waals surface area contributed by atoms with Gasteiger partial charge in [-0.3, -0.25) is 9.78 Å². The van der Waals surface area contributed by atoms with Gasteiger partial charge in [0, 0.05) is 29.5 Å². The van der Waals surface area contributed by atoms with Crippen molar-refractivity contribution in [3.05, 3.63) is 93.8 Å². The van der Waals surface area contributed by atoms with E-state index in [1.807, 2.05) is 30.9 Å². The third kappa shape index (κ3) is 5.06. The van der Waals surface area contributed by atoms with Crippen LogP contribution in [0.1, 0.15) is 47.4 Å². The molecule has 192 valence electrons. The molecule has 0 aliphatic carbocycles. The summed E-state index contributed by atoms with van der Waals surface area (Å²) in [5.74, 6) is -0.185. The fourth-order valence-corrected chi connectivity index (χ4v) is 7.47. The maximum Gasteiger partial charge on any atom is 0.245 e. The van der Waals surface area contributed by atoms with Crippen LogP contribution >= 0.6 is 11.3 Å². The first-order chi connectivity index (χ1) is 17.9. The van der Waals surface area contributed by atoms with E-state index in [2.05, 4.69) is 40.7 Å². The van der Waals surface area contributed by atoms with Crippen LogP contribution in [0.5, 0.6) is 0 Å². The average molecular weight is 534 g/mol. The summed E-state index contributed by atoms with van der Waals surface area (Å²) in [6, 6.07) is 18.9. The molecule has 37 heavy (non-hydrogen) atoms. The van der Waals surface area contributed by atoms with Crippen LogP contribution in [-0.2, 0) is 21.2 Å². The van der Waals surface area contributed by atoms with Crippen LogP contribution in [0.3, 0.4) is 0 Å². The van der Waals surface area contributed by atoms with Gasteiger partial charge in [0.05, 0.1) is 18.1 Å². The number of thiophene rings is 1. The van der Waals surface area contributed by atoms with E-state index in [0.29, 0.717) is 18.5 Å². The van der Waals surface area contributed by atoms with Crippen LogP contribution < -0.4 is 0 Å². The number of nitrogens with zero attached hydrogens (tertiary/aromatic N) is 3. The number of sulfonamides is 1. The number of amides is 1. The monoisotopic (exact) mass is 533 g/mol. The van der Waals surface area contributed by atoms with Crippen molar-refractivity contribution < 1.29 is 13.2 Å². The summed E-state index contributed by atoms with van der Waals surface area (Å²) >= 11 is 1.72. The van der Waals surface area contributed by atoms with E-state index >= 15 is 0 Å². The normalized spacial score (nSPS) is 15.8. The number of aromatic nitrogens is 1. The molecule has 3 heterocycles. The Bertz CT molecular complexity index is 1510. The highest BCUT2D eigenvalue weighted by Crippen LogP contribution is 2.38. The number of unbranched alkanes of at least 4 members (excludes halogenated alkanes) is 1. The molecule has 0 spiro atoms. The van der Waals surface area contributed by atoms with E-state index in [-0.39, 0.29) is 29.9 Å². The van der Waals surface area contributed by atoms with Gasteiger partial charge in [0.15, 0.2) is 0 Å². The number of pyridine rings is 1. The van der Waals surface area contributed by atoms with Gasteiger partial charge in [-0.1, -0.05) is 61.4 Å². The topological polar surface area (TPSA) is 70.6 Å². The lowest BCUT2D eigenvalue weighted by atomic mass is 9.92. The molecular formula is C29H31N3O3S2. The van der Waals surface area contributed by atoms with Crippen molar-refractivity contribution in [3.63, 3.8) is 0 Å². The molecule has 2 aromatic heterocycles. The van der Waals surface area contributed by atoms with Crippen LogP contribution in [0, 0.1) is 6.92 Å². The highest BCUT2D eigenvalue weighted by molar-refractivity contribution is 7.89. The first-order valence-electron chi connectivity index (χ1n) is 12.7. The van der Waals surface area contributed by atoms with Crippen molar-refractivity contribution in [1.29, 1.82) is 0 Å². The average Bonchev–Trinajstić information content (AvgIpc) is 3.39. The minimum atomic E-state index is -3.95. The maximum absolute atomic E-state index is 13.9. The predicted molar refractivity (Wildman–Crippen MR) is 148 cm³/mol. The van der Waals surface area contributed by atoms with Gasteiger partial charge in [-0.05, 0) is 54.5 Å². The largest absolute Gasteiger partial charge is 0.330 e. The molecule has 2 aromatic carbocycles. The minimum Gasteiger partial charge on any atom is -0.330 e. The molecule has 5 rings (SSSR count). The number of aryl methyl sites for hydroxylation is 1. The van der Waals surface area contributed by atoms with Gasteiger partial charge < -0.3 is 4.90 Å². The zero-order valence-corrected chi connectivity index (χ0v) is 22.8. The number of rotatable bonds is 8. The van der Waals surface area contributed by atoms with Gasteiger partial charge >= 0.3 is 0 Å². The van der Waals surface area contributed by atoms with Crippen molar-refractivity contribution in [3.8, 4) is 0 Å². The Hall–Kier alpha value is -3.07. The van der Waals surface area contributed by atoms with E-state index in [4.69, 9.17) is 0 Å². The third-order valence-electron chi connectivity index (χ3n) is 6.97. The number of carbonyl (C=O) groups is 1. The minimum absolute atomic E-state index is 0.142. The Balaban J connectivity index is 1.49. The number of fused-ring (bicyclic) bond motifs is 2. The lowest BCUT2D eigenvalue weighted by molar-refractivity contribution is -0.133. The molecular weight excluding hydrogens is 502 g/mol. The molecule has 0 N–H and O–H groups in total. The fraction of sp³-hybridized carbons (Fsp3) is 0.310. The van der Waals surface area contributed by atoms with Crippen molar-refractivity contribution in [2.45, 2.75) is 44.0 Å². The summed E-state index contributed by atoms with van der Waals surface area (Å²) in [5.41, 5.74) is 3.76. The fourth-order valence-electron chi connectivity index (χ4n) is 4.98. The quantitative estimate of drug-likeness (QED) is 0.297. The van der Waals surface area contributed by atoms with Crippen molar-refractivity contribution in [1.82, 2.24) is 14.2 Å². The zero-order valence-electron chi connectivity index (χ0n) is 21.1. The molecule has 4 aromatic rings. The molecule has 0 bridgehead atoms. The van der Waals surface area contributed by atoms with Gasteiger partial charge in [0.25, 0.3) is 0 Å². The molecule has 0 fully saturated rings. The van der Waals surface area contributed by atoms with Gasteiger partial charge in [0.2, 0.25) is 15.9 Å². The van der Waals surface area contributed by atoms with Crippen LogP contribution in [0.4, 0.5) is 0 Å². The molecule has 0 radical (unpaired) electrons. The highest BCUT2D eigenvalue weighted by Gasteiger charge is 2.36. The Morgan fingerprint density at radius 1 is 1.11 bits per heavy atom. The van der Waals surface area contributed by atoms with Gasteiger partial charge in [0.1, 0.15) is 4.90 Å². The molecule has 6 nitrogen and oxygen atoms in total. The highest BCUT2D eigenvalue weighted by atomic mass is 32.2. The molecule has 1 aliphatic rings. The van der Waals surface area contributed by atoms with Crippen molar-refractivity contribution in [2.24, 2.45) is 0 Å². The van der Waals surface area contributed by atoms with Crippen molar-refractivity contribution >= 4 is 38.2 Å². The summed E-state index contributed by atoms with van der Waals surface area (Å²) in [4.78, 5) is 21.5. The molecule has 1 atom stereocenters. The van der Waals surface area contributed by atoms with Gasteiger partial charge in [-0.2, -0.15) is 4.31 Å². The number of para-hydroxylation sites is 1. The summed E-state index contributed by atoms with van der Waals surface area (Å²) in [6.07, 6.45) is 3.86. The Labute approximate surface area is 222 Å². The number of hydrogen-bond donors (Lipinski definition) is 0. The van der Waals surface area contributed by atoms with Crippen molar-refractivity contribution in [2.75, 3.05) is 19.6 Å². The van der Waals surface area contributed by atoms with E-state index in [0.717, 1.165) is 34.9 Å². The Morgan fingerprint density at radius 2 is 1.89 bits per heavy atom. The maximum atomic E-state index is 13.9. The Morgan fingerprint density at radius 3 is 2.68 bits per heavy atom. The van der Waals surface area contributed by atoms with Gasteiger partial charge in [-0.25, -0.2) is 8.42 Å².